The molecule has 7 aromatic carbocycles. The third-order valence-electron chi connectivity index (χ3n) is 10.6. The first-order valence-corrected chi connectivity index (χ1v) is 18.2. The van der Waals surface area contributed by atoms with E-state index in [4.69, 9.17) is 15.0 Å². The highest BCUT2D eigenvalue weighted by Gasteiger charge is 2.21. The molecule has 4 aromatic heterocycles. The summed E-state index contributed by atoms with van der Waals surface area (Å²) in [5.74, 6) is 0.750. The fraction of sp³-hybridized carbons (Fsp3) is 0. The monoisotopic (exact) mass is 689 g/mol. The molecule has 0 aliphatic rings. The lowest BCUT2D eigenvalue weighted by Crippen LogP contribution is -2.04. The zero-order valence-electron chi connectivity index (χ0n) is 29.1. The number of pyridine rings is 1. The number of fused-ring (bicyclic) bond motifs is 7. The molecule has 11 aromatic rings. The van der Waals surface area contributed by atoms with Gasteiger partial charge in [-0.1, -0.05) is 109 Å². The minimum atomic E-state index is 0.738. The Morgan fingerprint density at radius 2 is 0.926 bits per heavy atom. The topological polar surface area (TPSA) is 48.5 Å². The van der Waals surface area contributed by atoms with E-state index < -0.39 is 0 Å². The molecular weight excluding hydrogens is 659 g/mol. The molecule has 0 radical (unpaired) electrons. The van der Waals surface area contributed by atoms with E-state index in [0.717, 1.165) is 72.4 Å². The molecule has 0 bridgehead atoms. The standard InChI is InChI=1S/C49H31N5/c1-3-13-32(14-4-1)35-22-25-38-40-30-34(33-23-26-45-39(29-33)37-17-7-10-21-44(37)53(45)36-15-5-2-6-16-36)24-27-46(40)54(47(38)31-35)49-48(43-20-11-12-28-50-43)51-41-18-8-9-19-42(41)52-49/h1-31H. The minimum Gasteiger partial charge on any atom is -0.309 e. The Bertz CT molecular complexity index is 3200. The summed E-state index contributed by atoms with van der Waals surface area (Å²) in [5, 5.41) is 4.76. The van der Waals surface area contributed by atoms with Gasteiger partial charge < -0.3 is 4.57 Å². The Balaban J connectivity index is 1.17. The molecule has 0 aliphatic heterocycles. The van der Waals surface area contributed by atoms with E-state index in [1.807, 2.05) is 48.7 Å². The SMILES string of the molecule is c1ccc(-c2ccc3c4cc(-c5ccc6c(c5)c5ccccc5n6-c5ccccc5)ccc4n(-c4nc5ccccc5nc4-c4ccccn4)c3c2)cc1. The molecule has 54 heavy (non-hydrogen) atoms. The van der Waals surface area contributed by atoms with Crippen LogP contribution in [0.4, 0.5) is 0 Å². The average Bonchev–Trinajstić information content (AvgIpc) is 3.76. The number of para-hydroxylation sites is 4. The first-order chi connectivity index (χ1) is 26.8. The number of hydrogen-bond donors (Lipinski definition) is 0. The van der Waals surface area contributed by atoms with Gasteiger partial charge in [-0.25, -0.2) is 9.97 Å². The number of benzene rings is 7. The number of aromatic nitrogens is 5. The van der Waals surface area contributed by atoms with Crippen molar-refractivity contribution in [1.29, 1.82) is 0 Å². The molecule has 11 rings (SSSR count). The van der Waals surface area contributed by atoms with Gasteiger partial charge in [-0.05, 0) is 95.1 Å². The van der Waals surface area contributed by atoms with Crippen molar-refractivity contribution in [1.82, 2.24) is 24.1 Å². The molecule has 0 saturated heterocycles. The third-order valence-corrected chi connectivity index (χ3v) is 10.6. The quantitative estimate of drug-likeness (QED) is 0.181. The van der Waals surface area contributed by atoms with Crippen molar-refractivity contribution >= 4 is 54.6 Å². The summed E-state index contributed by atoms with van der Waals surface area (Å²) in [6.45, 7) is 0. The lowest BCUT2D eigenvalue weighted by atomic mass is 9.99. The second-order valence-corrected chi connectivity index (χ2v) is 13.7. The predicted octanol–water partition coefficient (Wildman–Crippen LogP) is 12.2. The first kappa shape index (κ1) is 30.3. The fourth-order valence-corrected chi connectivity index (χ4v) is 8.07. The minimum absolute atomic E-state index is 0.738. The van der Waals surface area contributed by atoms with Crippen LogP contribution in [0.15, 0.2) is 188 Å². The van der Waals surface area contributed by atoms with Crippen LogP contribution in [0, 0.1) is 0 Å². The maximum absolute atomic E-state index is 5.33. The fourth-order valence-electron chi connectivity index (χ4n) is 8.07. The summed E-state index contributed by atoms with van der Waals surface area (Å²) in [6, 6.07) is 64.3. The van der Waals surface area contributed by atoms with E-state index >= 15 is 0 Å². The summed E-state index contributed by atoms with van der Waals surface area (Å²) >= 11 is 0. The molecular formula is C49H31N5. The van der Waals surface area contributed by atoms with Crippen LogP contribution in [-0.2, 0) is 0 Å². The van der Waals surface area contributed by atoms with Crippen LogP contribution < -0.4 is 0 Å². The van der Waals surface area contributed by atoms with Crippen molar-refractivity contribution in [3.63, 3.8) is 0 Å². The lowest BCUT2D eigenvalue weighted by Gasteiger charge is -2.14. The smallest absolute Gasteiger partial charge is 0.166 e. The van der Waals surface area contributed by atoms with E-state index in [1.165, 1.54) is 27.4 Å². The Morgan fingerprint density at radius 3 is 1.67 bits per heavy atom. The molecule has 0 spiro atoms. The highest BCUT2D eigenvalue weighted by molar-refractivity contribution is 6.13. The van der Waals surface area contributed by atoms with Crippen molar-refractivity contribution in [3.8, 4) is 45.1 Å². The summed E-state index contributed by atoms with van der Waals surface area (Å²) < 4.78 is 4.64. The van der Waals surface area contributed by atoms with Gasteiger partial charge in [0.2, 0.25) is 0 Å². The van der Waals surface area contributed by atoms with Gasteiger partial charge in [0.05, 0.1) is 38.8 Å². The maximum Gasteiger partial charge on any atom is 0.166 e. The number of hydrogen-bond acceptors (Lipinski definition) is 3. The van der Waals surface area contributed by atoms with Crippen molar-refractivity contribution < 1.29 is 0 Å². The second kappa shape index (κ2) is 12.1. The van der Waals surface area contributed by atoms with Gasteiger partial charge in [0.1, 0.15) is 5.69 Å². The Morgan fingerprint density at radius 1 is 0.352 bits per heavy atom. The van der Waals surface area contributed by atoms with Gasteiger partial charge in [0.25, 0.3) is 0 Å². The van der Waals surface area contributed by atoms with Crippen LogP contribution in [0.1, 0.15) is 0 Å². The Hall–Kier alpha value is -7.37. The second-order valence-electron chi connectivity index (χ2n) is 13.7. The highest BCUT2D eigenvalue weighted by Crippen LogP contribution is 2.40. The molecule has 0 N–H and O–H groups in total. The molecule has 4 heterocycles. The molecule has 0 aliphatic carbocycles. The van der Waals surface area contributed by atoms with E-state index in [0.29, 0.717) is 0 Å². The Kier molecular flexibility index (Phi) is 6.79. The van der Waals surface area contributed by atoms with Crippen LogP contribution in [-0.4, -0.2) is 24.1 Å². The molecule has 0 fully saturated rings. The lowest BCUT2D eigenvalue weighted by molar-refractivity contribution is 1.07. The average molecular weight is 690 g/mol. The zero-order valence-corrected chi connectivity index (χ0v) is 29.1. The summed E-state index contributed by atoms with van der Waals surface area (Å²) in [7, 11) is 0. The first-order valence-electron chi connectivity index (χ1n) is 18.2. The Labute approximate surface area is 311 Å². The van der Waals surface area contributed by atoms with E-state index in [-0.39, 0.29) is 0 Å². The van der Waals surface area contributed by atoms with Crippen LogP contribution in [0.5, 0.6) is 0 Å². The number of rotatable bonds is 5. The summed E-state index contributed by atoms with van der Waals surface area (Å²) in [4.78, 5) is 15.3. The molecule has 0 atom stereocenters. The maximum atomic E-state index is 5.33. The molecule has 0 amide bonds. The van der Waals surface area contributed by atoms with Crippen molar-refractivity contribution in [2.75, 3.05) is 0 Å². The van der Waals surface area contributed by atoms with Crippen LogP contribution in [0.25, 0.3) is 99.8 Å². The van der Waals surface area contributed by atoms with Crippen LogP contribution >= 0.6 is 0 Å². The summed E-state index contributed by atoms with van der Waals surface area (Å²) in [5.41, 5.74) is 13.5. The molecule has 0 saturated carbocycles. The van der Waals surface area contributed by atoms with Gasteiger partial charge in [-0.3, -0.25) is 9.55 Å². The highest BCUT2D eigenvalue weighted by atomic mass is 15.1. The molecule has 5 nitrogen and oxygen atoms in total. The normalized spacial score (nSPS) is 11.7. The summed E-state index contributed by atoms with van der Waals surface area (Å²) in [6.07, 6.45) is 1.82. The van der Waals surface area contributed by atoms with E-state index in [2.05, 4.69) is 149 Å². The van der Waals surface area contributed by atoms with Crippen molar-refractivity contribution in [2.24, 2.45) is 0 Å². The van der Waals surface area contributed by atoms with Crippen molar-refractivity contribution in [2.45, 2.75) is 0 Å². The van der Waals surface area contributed by atoms with Crippen molar-refractivity contribution in [3.05, 3.63) is 188 Å². The van der Waals surface area contributed by atoms with Crippen LogP contribution in [0.3, 0.4) is 0 Å². The van der Waals surface area contributed by atoms with Gasteiger partial charge in [0, 0.05) is 33.4 Å². The van der Waals surface area contributed by atoms with Gasteiger partial charge >= 0.3 is 0 Å². The predicted molar refractivity (Wildman–Crippen MR) is 222 cm³/mol. The van der Waals surface area contributed by atoms with Gasteiger partial charge in [-0.2, -0.15) is 0 Å². The number of nitrogens with zero attached hydrogens (tertiary/aromatic N) is 5. The van der Waals surface area contributed by atoms with Crippen LogP contribution in [0.2, 0.25) is 0 Å². The molecule has 0 unspecified atom stereocenters. The largest absolute Gasteiger partial charge is 0.309 e. The van der Waals surface area contributed by atoms with Gasteiger partial charge in [-0.15, -0.1) is 0 Å². The zero-order chi connectivity index (χ0) is 35.6. The van der Waals surface area contributed by atoms with Gasteiger partial charge in [0.15, 0.2) is 5.82 Å². The molecule has 252 valence electrons. The third kappa shape index (κ3) is 4.76. The molecule has 5 heteroatoms. The van der Waals surface area contributed by atoms with E-state index in [1.54, 1.807) is 0 Å². The van der Waals surface area contributed by atoms with E-state index in [9.17, 15) is 0 Å².